The van der Waals surface area contributed by atoms with Gasteiger partial charge in [-0.25, -0.2) is 0 Å². The Kier molecular flexibility index (Phi) is 5.13. The second kappa shape index (κ2) is 6.62. The monoisotopic (exact) mass is 267 g/mol. The lowest BCUT2D eigenvalue weighted by atomic mass is 9.88. The van der Waals surface area contributed by atoms with Crippen LogP contribution >= 0.6 is 11.8 Å². The Morgan fingerprint density at radius 2 is 2.17 bits per heavy atom. The number of aromatic nitrogens is 2. The van der Waals surface area contributed by atoms with Crippen molar-refractivity contribution in [1.82, 2.24) is 15.1 Å². The molecule has 0 aromatic carbocycles. The molecule has 3 nitrogen and oxygen atoms in total. The highest BCUT2D eigenvalue weighted by molar-refractivity contribution is 8.00. The number of hydrogen-bond acceptors (Lipinski definition) is 3. The fourth-order valence-corrected chi connectivity index (χ4v) is 3.70. The van der Waals surface area contributed by atoms with Crippen LogP contribution in [0.1, 0.15) is 44.6 Å². The van der Waals surface area contributed by atoms with E-state index in [9.17, 15) is 0 Å². The highest BCUT2D eigenvalue weighted by Crippen LogP contribution is 2.37. The number of thioether (sulfide) groups is 1. The quantitative estimate of drug-likeness (QED) is 0.859. The second-order valence-corrected chi connectivity index (χ2v) is 6.53. The van der Waals surface area contributed by atoms with Crippen LogP contribution in [0.15, 0.2) is 12.4 Å². The summed E-state index contributed by atoms with van der Waals surface area (Å²) < 4.78 is 2.47. The Labute approximate surface area is 115 Å². The number of rotatable bonds is 6. The third-order valence-electron chi connectivity index (χ3n) is 3.98. The summed E-state index contributed by atoms with van der Waals surface area (Å²) in [4.78, 5) is 0. The normalized spacial score (nSPS) is 19.0. The minimum Gasteiger partial charge on any atom is -0.311 e. The molecule has 1 aromatic heterocycles. The lowest BCUT2D eigenvalue weighted by Gasteiger charge is -2.36. The molecule has 0 aliphatic heterocycles. The van der Waals surface area contributed by atoms with Gasteiger partial charge in [-0.05, 0) is 26.0 Å². The van der Waals surface area contributed by atoms with Crippen molar-refractivity contribution in [3.05, 3.63) is 18.0 Å². The predicted molar refractivity (Wildman–Crippen MR) is 78.9 cm³/mol. The Balaban J connectivity index is 1.79. The third kappa shape index (κ3) is 3.51. The van der Waals surface area contributed by atoms with Crippen LogP contribution in [0.5, 0.6) is 0 Å². The van der Waals surface area contributed by atoms with Crippen LogP contribution in [0.4, 0.5) is 0 Å². The van der Waals surface area contributed by atoms with Crippen LogP contribution in [-0.4, -0.2) is 27.3 Å². The van der Waals surface area contributed by atoms with Gasteiger partial charge in [-0.2, -0.15) is 16.9 Å². The molecule has 4 heteroatoms. The van der Waals surface area contributed by atoms with Gasteiger partial charge in [0.25, 0.3) is 0 Å². The molecule has 18 heavy (non-hydrogen) atoms. The van der Waals surface area contributed by atoms with Crippen molar-refractivity contribution in [2.45, 2.75) is 56.9 Å². The first kappa shape index (κ1) is 13.9. The number of hydrogen-bond donors (Lipinski definition) is 1. The SMILES string of the molecule is CCn1cc(CNCC2(SC)CCCCC2)cn1. The second-order valence-electron chi connectivity index (χ2n) is 5.26. The molecule has 102 valence electrons. The summed E-state index contributed by atoms with van der Waals surface area (Å²) in [5.41, 5.74) is 1.30. The molecule has 1 fully saturated rings. The van der Waals surface area contributed by atoms with E-state index in [0.717, 1.165) is 19.6 Å². The van der Waals surface area contributed by atoms with E-state index in [-0.39, 0.29) is 0 Å². The van der Waals surface area contributed by atoms with E-state index in [1.807, 2.05) is 10.9 Å². The first-order valence-electron chi connectivity index (χ1n) is 7.05. The summed E-state index contributed by atoms with van der Waals surface area (Å²) >= 11 is 2.05. The number of nitrogens with one attached hydrogen (secondary N) is 1. The van der Waals surface area contributed by atoms with Crippen LogP contribution in [0.2, 0.25) is 0 Å². The predicted octanol–water partition coefficient (Wildman–Crippen LogP) is 3.06. The van der Waals surface area contributed by atoms with Gasteiger partial charge in [0.2, 0.25) is 0 Å². The van der Waals surface area contributed by atoms with Gasteiger partial charge >= 0.3 is 0 Å². The van der Waals surface area contributed by atoms with Crippen LogP contribution in [-0.2, 0) is 13.1 Å². The largest absolute Gasteiger partial charge is 0.311 e. The van der Waals surface area contributed by atoms with Crippen molar-refractivity contribution in [2.24, 2.45) is 0 Å². The van der Waals surface area contributed by atoms with Crippen molar-refractivity contribution in [3.63, 3.8) is 0 Å². The van der Waals surface area contributed by atoms with Crippen molar-refractivity contribution in [2.75, 3.05) is 12.8 Å². The van der Waals surface area contributed by atoms with Gasteiger partial charge in [-0.3, -0.25) is 4.68 Å². The molecule has 0 atom stereocenters. The Hall–Kier alpha value is -0.480. The molecule has 1 aliphatic carbocycles. The molecule has 0 unspecified atom stereocenters. The number of nitrogens with zero attached hydrogens (tertiary/aromatic N) is 2. The van der Waals surface area contributed by atoms with E-state index in [4.69, 9.17) is 0 Å². The lowest BCUT2D eigenvalue weighted by Crippen LogP contribution is -2.39. The zero-order valence-corrected chi connectivity index (χ0v) is 12.4. The smallest absolute Gasteiger partial charge is 0.0534 e. The van der Waals surface area contributed by atoms with Gasteiger partial charge in [-0.15, -0.1) is 0 Å². The van der Waals surface area contributed by atoms with Crippen LogP contribution < -0.4 is 5.32 Å². The standard InChI is InChI=1S/C14H25N3S/c1-3-17-11-13(10-16-17)9-15-12-14(18-2)7-5-4-6-8-14/h10-11,15H,3-9,12H2,1-2H3. The number of aryl methyl sites for hydroxylation is 1. The van der Waals surface area contributed by atoms with Crippen LogP contribution in [0, 0.1) is 0 Å². The van der Waals surface area contributed by atoms with Crippen molar-refractivity contribution in [3.8, 4) is 0 Å². The first-order chi connectivity index (χ1) is 8.78. The average Bonchev–Trinajstić information content (AvgIpc) is 2.88. The van der Waals surface area contributed by atoms with Crippen LogP contribution in [0.3, 0.4) is 0 Å². The summed E-state index contributed by atoms with van der Waals surface area (Å²) in [6.07, 6.45) is 13.3. The van der Waals surface area contributed by atoms with Crippen LogP contribution in [0.25, 0.3) is 0 Å². The molecule has 2 rings (SSSR count). The summed E-state index contributed by atoms with van der Waals surface area (Å²) in [6, 6.07) is 0. The van der Waals surface area contributed by atoms with E-state index >= 15 is 0 Å². The maximum absolute atomic E-state index is 4.31. The molecule has 0 saturated heterocycles. The fourth-order valence-electron chi connectivity index (χ4n) is 2.75. The average molecular weight is 267 g/mol. The van der Waals surface area contributed by atoms with E-state index in [1.54, 1.807) is 0 Å². The Bertz CT molecular complexity index is 356. The van der Waals surface area contributed by atoms with E-state index < -0.39 is 0 Å². The Morgan fingerprint density at radius 3 is 2.78 bits per heavy atom. The summed E-state index contributed by atoms with van der Waals surface area (Å²) in [6.45, 7) is 5.15. The molecule has 1 saturated carbocycles. The first-order valence-corrected chi connectivity index (χ1v) is 8.28. The minimum atomic E-state index is 0.485. The fraction of sp³-hybridized carbons (Fsp3) is 0.786. The topological polar surface area (TPSA) is 29.9 Å². The van der Waals surface area contributed by atoms with Gasteiger partial charge in [0.1, 0.15) is 0 Å². The zero-order chi connectivity index (χ0) is 12.8. The van der Waals surface area contributed by atoms with Gasteiger partial charge in [0, 0.05) is 36.1 Å². The summed E-state index contributed by atoms with van der Waals surface area (Å²) in [5.74, 6) is 0. The molecule has 1 N–H and O–H groups in total. The van der Waals surface area contributed by atoms with Crippen molar-refractivity contribution < 1.29 is 0 Å². The highest BCUT2D eigenvalue weighted by atomic mass is 32.2. The maximum atomic E-state index is 4.31. The highest BCUT2D eigenvalue weighted by Gasteiger charge is 2.30. The van der Waals surface area contributed by atoms with Gasteiger partial charge in [0.05, 0.1) is 6.20 Å². The molecular formula is C14H25N3S. The lowest BCUT2D eigenvalue weighted by molar-refractivity contribution is 0.379. The van der Waals surface area contributed by atoms with Crippen molar-refractivity contribution >= 4 is 11.8 Å². The molecule has 1 heterocycles. The van der Waals surface area contributed by atoms with E-state index in [0.29, 0.717) is 4.75 Å². The molecule has 1 aromatic rings. The van der Waals surface area contributed by atoms with Gasteiger partial charge in [0.15, 0.2) is 0 Å². The van der Waals surface area contributed by atoms with Gasteiger partial charge < -0.3 is 5.32 Å². The maximum Gasteiger partial charge on any atom is 0.0534 e. The summed E-state index contributed by atoms with van der Waals surface area (Å²) in [7, 11) is 0. The van der Waals surface area contributed by atoms with E-state index in [2.05, 4.69) is 41.6 Å². The van der Waals surface area contributed by atoms with Crippen molar-refractivity contribution in [1.29, 1.82) is 0 Å². The molecule has 0 bridgehead atoms. The third-order valence-corrected chi connectivity index (χ3v) is 5.40. The molecule has 0 spiro atoms. The Morgan fingerprint density at radius 1 is 1.39 bits per heavy atom. The van der Waals surface area contributed by atoms with Gasteiger partial charge in [-0.1, -0.05) is 19.3 Å². The molecule has 0 amide bonds. The molecular weight excluding hydrogens is 242 g/mol. The summed E-state index contributed by atoms with van der Waals surface area (Å²) in [5, 5.41) is 7.94. The zero-order valence-electron chi connectivity index (χ0n) is 11.6. The van der Waals surface area contributed by atoms with E-state index in [1.165, 1.54) is 37.7 Å². The minimum absolute atomic E-state index is 0.485. The molecule has 0 radical (unpaired) electrons. The molecule has 1 aliphatic rings.